The monoisotopic (exact) mass is 196 g/mol. The molecule has 1 unspecified atom stereocenters. The lowest BCUT2D eigenvalue weighted by Gasteiger charge is -2.04. The Hall–Kier alpha value is -1.51. The molecule has 3 N–H and O–H groups in total. The summed E-state index contributed by atoms with van der Waals surface area (Å²) in [5.74, 6) is -0.286. The number of primary amides is 1. The van der Waals surface area contributed by atoms with Crippen LogP contribution >= 0.6 is 0 Å². The highest BCUT2D eigenvalue weighted by Gasteiger charge is 2.23. The van der Waals surface area contributed by atoms with Crippen molar-refractivity contribution in [2.75, 3.05) is 5.32 Å². The van der Waals surface area contributed by atoms with Gasteiger partial charge in [0.25, 0.3) is 0 Å². The second-order valence-corrected chi connectivity index (χ2v) is 2.96. The maximum absolute atomic E-state index is 10.8. The third-order valence-electron chi connectivity index (χ3n) is 2.11. The molecule has 1 atom stereocenters. The van der Waals surface area contributed by atoms with Crippen LogP contribution in [0.2, 0.25) is 0 Å². The van der Waals surface area contributed by atoms with Crippen LogP contribution in [0.1, 0.15) is 22.3 Å². The van der Waals surface area contributed by atoms with E-state index in [9.17, 15) is 4.79 Å². The number of para-hydroxylation sites is 1. The Balaban J connectivity index is 0. The molecule has 1 aromatic carbocycles. The van der Waals surface area contributed by atoms with Crippen molar-refractivity contribution in [1.82, 2.24) is 0 Å². The molecule has 80 valence electrons. The van der Waals surface area contributed by atoms with E-state index in [0.717, 1.165) is 5.69 Å². The molecule has 14 heavy (non-hydrogen) atoms. The molecule has 1 amide bonds. The third kappa shape index (κ3) is 2.05. The minimum atomic E-state index is -0.286. The molecular weight excluding hydrogens is 176 g/mol. The van der Waals surface area contributed by atoms with Gasteiger partial charge in [-0.15, -0.1) is 0 Å². The van der Waals surface area contributed by atoms with Gasteiger partial charge in [0.05, 0.1) is 0 Å². The summed E-state index contributed by atoms with van der Waals surface area (Å²) in [4.78, 5) is 10.8. The van der Waals surface area contributed by atoms with Crippen molar-refractivity contribution >= 4 is 11.6 Å². The lowest BCUT2D eigenvalue weighted by molar-refractivity contribution is -0.118. The molecule has 0 saturated heterocycles. The van der Waals surface area contributed by atoms with Crippen molar-refractivity contribution in [3.63, 3.8) is 0 Å². The first-order chi connectivity index (χ1) is 6.77. The number of fused-ring (bicyclic) bond motifs is 1. The smallest absolute Gasteiger partial charge is 0.240 e. The van der Waals surface area contributed by atoms with Crippen LogP contribution < -0.4 is 11.1 Å². The molecule has 0 spiro atoms. The van der Waals surface area contributed by atoms with Crippen LogP contribution in [0.5, 0.6) is 0 Å². The van der Waals surface area contributed by atoms with Gasteiger partial charge in [-0.3, -0.25) is 4.79 Å². The van der Waals surface area contributed by atoms with Crippen molar-refractivity contribution in [3.8, 4) is 0 Å². The van der Waals surface area contributed by atoms with Gasteiger partial charge in [-0.25, -0.2) is 0 Å². The molecule has 1 heterocycles. The summed E-state index contributed by atoms with van der Waals surface area (Å²) in [6, 6.07) is 7.64. The number of rotatable bonds is 1. The Bertz CT molecular complexity index is 307. The maximum atomic E-state index is 10.8. The minimum absolute atomic E-state index is 0. The fraction of sp³-hybridized carbons (Fsp3) is 0.364. The lowest BCUT2D eigenvalue weighted by Crippen LogP contribution is -2.33. The van der Waals surface area contributed by atoms with Gasteiger partial charge in [0.15, 0.2) is 0 Å². The number of nitrogens with two attached hydrogens (primary N) is 1. The summed E-state index contributed by atoms with van der Waals surface area (Å²) >= 11 is 0. The van der Waals surface area contributed by atoms with E-state index < -0.39 is 0 Å². The first kappa shape index (κ1) is 10.6. The van der Waals surface area contributed by atoms with Crippen LogP contribution in [0.4, 0.5) is 5.69 Å². The van der Waals surface area contributed by atoms with Gasteiger partial charge in [0, 0.05) is 15.0 Å². The Kier molecular flexibility index (Phi) is 3.51. The number of amides is 1. The number of carbonyl (C=O) groups excluding carboxylic acids is 1. The first-order valence-electron chi connectivity index (χ1n) is 4.91. The number of carbonyl (C=O) groups is 1. The largest absolute Gasteiger partial charge is 0.373 e. The van der Waals surface area contributed by atoms with Crippen LogP contribution in [0.15, 0.2) is 24.3 Å². The van der Waals surface area contributed by atoms with Crippen LogP contribution in [0.3, 0.4) is 0 Å². The molecule has 3 nitrogen and oxygen atoms in total. The Morgan fingerprint density at radius 1 is 1.50 bits per heavy atom. The summed E-state index contributed by atoms with van der Waals surface area (Å²) in [7, 11) is 0. The van der Waals surface area contributed by atoms with Crippen LogP contribution in [-0.2, 0) is 11.2 Å². The van der Waals surface area contributed by atoms with Gasteiger partial charge < -0.3 is 11.1 Å². The molecule has 1 aliphatic rings. The molecule has 3 heteroatoms. The Morgan fingerprint density at radius 3 is 2.71 bits per heavy atom. The highest BCUT2D eigenvalue weighted by molar-refractivity contribution is 5.85. The second kappa shape index (κ2) is 4.65. The number of anilines is 1. The Labute approximate surface area is 87.3 Å². The molecular formula is C11H20N2O. The van der Waals surface area contributed by atoms with Crippen molar-refractivity contribution in [3.05, 3.63) is 29.8 Å². The molecule has 1 aliphatic heterocycles. The first-order valence-corrected chi connectivity index (χ1v) is 4.91. The van der Waals surface area contributed by atoms with E-state index in [4.69, 9.17) is 5.73 Å². The number of benzene rings is 1. The van der Waals surface area contributed by atoms with E-state index in [2.05, 4.69) is 5.32 Å². The van der Waals surface area contributed by atoms with Crippen LogP contribution in [-0.4, -0.2) is 11.9 Å². The summed E-state index contributed by atoms with van der Waals surface area (Å²) in [5, 5.41) is 3.06. The molecule has 0 fully saturated rings. The topological polar surface area (TPSA) is 55.1 Å². The molecule has 2 rings (SSSR count). The van der Waals surface area contributed by atoms with E-state index in [1.165, 1.54) is 5.56 Å². The number of hydrogen-bond acceptors (Lipinski definition) is 2. The highest BCUT2D eigenvalue weighted by atomic mass is 16.1. The highest BCUT2D eigenvalue weighted by Crippen LogP contribution is 2.24. The average Bonchev–Trinajstić information content (AvgIpc) is 2.64. The van der Waals surface area contributed by atoms with Crippen molar-refractivity contribution in [2.45, 2.75) is 26.3 Å². The van der Waals surface area contributed by atoms with E-state index in [1.54, 1.807) is 0 Å². The van der Waals surface area contributed by atoms with Crippen LogP contribution in [0.25, 0.3) is 0 Å². The third-order valence-corrected chi connectivity index (χ3v) is 2.11. The molecule has 1 aromatic rings. The van der Waals surface area contributed by atoms with Crippen molar-refractivity contribution in [2.24, 2.45) is 5.73 Å². The summed E-state index contributed by atoms with van der Waals surface area (Å²) in [6.45, 7) is 4.00. The van der Waals surface area contributed by atoms with Crippen molar-refractivity contribution in [1.29, 1.82) is 0 Å². The average molecular weight is 196 g/mol. The predicted octanol–water partition coefficient (Wildman–Crippen LogP) is 2.03. The van der Waals surface area contributed by atoms with E-state index in [-0.39, 0.29) is 14.8 Å². The van der Waals surface area contributed by atoms with Gasteiger partial charge in [-0.05, 0) is 11.6 Å². The SMILES string of the molecule is CC.NC(=O)C1Cc2ccccc2N1.[HH].[HH]. The zero-order valence-corrected chi connectivity index (χ0v) is 8.58. The van der Waals surface area contributed by atoms with Crippen LogP contribution in [0, 0.1) is 0 Å². The Morgan fingerprint density at radius 2 is 2.14 bits per heavy atom. The molecule has 0 saturated carbocycles. The molecule has 0 aromatic heterocycles. The number of hydrogen-bond donors (Lipinski definition) is 2. The van der Waals surface area contributed by atoms with E-state index in [1.807, 2.05) is 38.1 Å². The van der Waals surface area contributed by atoms with Gasteiger partial charge in [0.2, 0.25) is 5.91 Å². The van der Waals surface area contributed by atoms with Gasteiger partial charge in [0.1, 0.15) is 6.04 Å². The van der Waals surface area contributed by atoms with E-state index in [0.29, 0.717) is 6.42 Å². The van der Waals surface area contributed by atoms with E-state index >= 15 is 0 Å². The van der Waals surface area contributed by atoms with Gasteiger partial charge in [-0.1, -0.05) is 32.0 Å². The molecule has 0 aliphatic carbocycles. The zero-order valence-electron chi connectivity index (χ0n) is 8.58. The second-order valence-electron chi connectivity index (χ2n) is 2.96. The molecule has 0 bridgehead atoms. The molecule has 0 radical (unpaired) electrons. The van der Waals surface area contributed by atoms with Gasteiger partial charge in [-0.2, -0.15) is 0 Å². The summed E-state index contributed by atoms with van der Waals surface area (Å²) < 4.78 is 0. The minimum Gasteiger partial charge on any atom is -0.373 e. The maximum Gasteiger partial charge on any atom is 0.240 e. The fourth-order valence-electron chi connectivity index (χ4n) is 1.47. The van der Waals surface area contributed by atoms with Crippen molar-refractivity contribution < 1.29 is 7.65 Å². The number of nitrogens with one attached hydrogen (secondary N) is 1. The normalized spacial score (nSPS) is 17.4. The quantitative estimate of drug-likeness (QED) is 0.722. The summed E-state index contributed by atoms with van der Waals surface area (Å²) in [5.41, 5.74) is 7.37. The summed E-state index contributed by atoms with van der Waals surface area (Å²) in [6.07, 6.45) is 0.714. The zero-order chi connectivity index (χ0) is 10.6. The standard InChI is InChI=1S/C9H10N2O.C2H6.2H2/c10-9(12)8-5-6-3-1-2-4-7(6)11-8;1-2;;/h1-4,8,11H,5H2,(H2,10,12);1-2H3;2*1H. The lowest BCUT2D eigenvalue weighted by atomic mass is 10.1. The fourth-order valence-corrected chi connectivity index (χ4v) is 1.47. The van der Waals surface area contributed by atoms with Gasteiger partial charge >= 0.3 is 0 Å². The predicted molar refractivity (Wildman–Crippen MR) is 62.3 cm³/mol.